The van der Waals surface area contributed by atoms with E-state index < -0.39 is 0 Å². The number of benzene rings is 1. The van der Waals surface area contributed by atoms with Gasteiger partial charge in [0.2, 0.25) is 0 Å². The minimum absolute atomic E-state index is 0.282. The molecule has 118 valence electrons. The molecule has 5 heteroatoms. The first-order chi connectivity index (χ1) is 10.8. The van der Waals surface area contributed by atoms with Crippen LogP contribution in [0.2, 0.25) is 0 Å². The van der Waals surface area contributed by atoms with Gasteiger partial charge < -0.3 is 10.1 Å². The smallest absolute Gasteiger partial charge is 0.165 e. The Morgan fingerprint density at radius 3 is 2.82 bits per heavy atom. The Hall–Kier alpha value is -1.88. The predicted octanol–water partition coefficient (Wildman–Crippen LogP) is 2.43. The average Bonchev–Trinajstić information content (AvgIpc) is 2.56. The molecule has 1 aromatic rings. The molecule has 0 bridgehead atoms. The fraction of sp³-hybridized carbons (Fsp3) is 0.471. The van der Waals surface area contributed by atoms with Gasteiger partial charge in [-0.25, -0.2) is 4.39 Å². The summed E-state index contributed by atoms with van der Waals surface area (Å²) in [6.45, 7) is 4.47. The van der Waals surface area contributed by atoms with Crippen molar-refractivity contribution in [2.45, 2.75) is 12.8 Å². The molecule has 1 aromatic carbocycles. The zero-order chi connectivity index (χ0) is 15.2. The van der Waals surface area contributed by atoms with Crippen molar-refractivity contribution in [1.29, 1.82) is 0 Å². The van der Waals surface area contributed by atoms with Crippen molar-refractivity contribution in [3.05, 3.63) is 42.5 Å². The molecular formula is C17H22FN3O. The van der Waals surface area contributed by atoms with Gasteiger partial charge in [-0.1, -0.05) is 12.1 Å². The summed E-state index contributed by atoms with van der Waals surface area (Å²) in [5.74, 6) is 0.581. The first-order valence-corrected chi connectivity index (χ1v) is 7.85. The van der Waals surface area contributed by atoms with Crippen LogP contribution in [0.4, 0.5) is 4.39 Å². The number of hydrogen-bond acceptors (Lipinski definition) is 4. The van der Waals surface area contributed by atoms with Gasteiger partial charge in [-0.05, 0) is 44.0 Å². The van der Waals surface area contributed by atoms with E-state index in [-0.39, 0.29) is 5.82 Å². The van der Waals surface area contributed by atoms with Crippen molar-refractivity contribution >= 4 is 5.71 Å². The van der Waals surface area contributed by atoms with Gasteiger partial charge in [-0.2, -0.15) is 0 Å². The van der Waals surface area contributed by atoms with Crippen molar-refractivity contribution in [3.8, 4) is 5.75 Å². The molecule has 0 aliphatic carbocycles. The second-order valence-electron chi connectivity index (χ2n) is 5.85. The minimum atomic E-state index is -0.282. The highest BCUT2D eigenvalue weighted by molar-refractivity contribution is 5.89. The van der Waals surface area contributed by atoms with Crippen molar-refractivity contribution in [2.75, 3.05) is 32.8 Å². The molecule has 1 N–H and O–H groups in total. The van der Waals surface area contributed by atoms with Crippen molar-refractivity contribution in [3.63, 3.8) is 0 Å². The Morgan fingerprint density at radius 2 is 2.09 bits per heavy atom. The van der Waals surface area contributed by atoms with Crippen LogP contribution < -0.4 is 10.1 Å². The Balaban J connectivity index is 1.41. The third-order valence-electron chi connectivity index (χ3n) is 4.18. The van der Waals surface area contributed by atoms with E-state index in [0.29, 0.717) is 18.3 Å². The quantitative estimate of drug-likeness (QED) is 0.908. The van der Waals surface area contributed by atoms with Crippen molar-refractivity contribution < 1.29 is 9.13 Å². The average molecular weight is 303 g/mol. The largest absolute Gasteiger partial charge is 0.490 e. The Morgan fingerprint density at radius 1 is 1.27 bits per heavy atom. The van der Waals surface area contributed by atoms with E-state index in [1.165, 1.54) is 11.8 Å². The van der Waals surface area contributed by atoms with Crippen LogP contribution in [0, 0.1) is 11.7 Å². The maximum absolute atomic E-state index is 13.5. The topological polar surface area (TPSA) is 36.9 Å². The van der Waals surface area contributed by atoms with Gasteiger partial charge in [0.1, 0.15) is 0 Å². The van der Waals surface area contributed by atoms with Gasteiger partial charge in [0.15, 0.2) is 11.6 Å². The summed E-state index contributed by atoms with van der Waals surface area (Å²) >= 11 is 0. The lowest BCUT2D eigenvalue weighted by Gasteiger charge is -2.32. The highest BCUT2D eigenvalue weighted by Crippen LogP contribution is 2.21. The molecule has 2 heterocycles. The van der Waals surface area contributed by atoms with Gasteiger partial charge in [0.25, 0.3) is 0 Å². The van der Waals surface area contributed by atoms with E-state index in [2.05, 4.69) is 15.2 Å². The maximum Gasteiger partial charge on any atom is 0.165 e. The lowest BCUT2D eigenvalue weighted by Crippen LogP contribution is -2.41. The fourth-order valence-electron chi connectivity index (χ4n) is 2.85. The van der Waals surface area contributed by atoms with Crippen molar-refractivity contribution in [1.82, 2.24) is 10.2 Å². The van der Waals surface area contributed by atoms with E-state index in [0.717, 1.165) is 39.0 Å². The van der Waals surface area contributed by atoms with Gasteiger partial charge >= 0.3 is 0 Å². The van der Waals surface area contributed by atoms with E-state index in [1.807, 2.05) is 12.4 Å². The molecule has 2 aliphatic rings. The zero-order valence-corrected chi connectivity index (χ0v) is 12.7. The number of likely N-dealkylation sites (tertiary alicyclic amines) is 1. The van der Waals surface area contributed by atoms with Crippen LogP contribution >= 0.6 is 0 Å². The number of ether oxygens (including phenoxy) is 1. The second kappa shape index (κ2) is 7.40. The van der Waals surface area contributed by atoms with Crippen molar-refractivity contribution in [2.24, 2.45) is 10.9 Å². The molecule has 0 amide bonds. The summed E-state index contributed by atoms with van der Waals surface area (Å²) in [4.78, 5) is 6.82. The lowest BCUT2D eigenvalue weighted by atomic mass is 9.97. The number of halogens is 1. The van der Waals surface area contributed by atoms with Crippen LogP contribution in [0.1, 0.15) is 12.8 Å². The van der Waals surface area contributed by atoms with Gasteiger partial charge in [-0.15, -0.1) is 0 Å². The highest BCUT2D eigenvalue weighted by Gasteiger charge is 2.21. The monoisotopic (exact) mass is 303 g/mol. The molecular weight excluding hydrogens is 281 g/mol. The Kier molecular flexibility index (Phi) is 5.06. The van der Waals surface area contributed by atoms with Crippen LogP contribution in [0.15, 0.2) is 41.7 Å². The summed E-state index contributed by atoms with van der Waals surface area (Å²) < 4.78 is 19.1. The van der Waals surface area contributed by atoms with Gasteiger partial charge in [-0.3, -0.25) is 9.89 Å². The van der Waals surface area contributed by atoms with Crippen LogP contribution in [0.5, 0.6) is 5.75 Å². The van der Waals surface area contributed by atoms with Crippen LogP contribution in [0.3, 0.4) is 0 Å². The molecule has 1 saturated heterocycles. The summed E-state index contributed by atoms with van der Waals surface area (Å²) in [6, 6.07) is 6.60. The highest BCUT2D eigenvalue weighted by atomic mass is 19.1. The first-order valence-electron chi connectivity index (χ1n) is 7.85. The molecule has 0 unspecified atom stereocenters. The Bertz CT molecular complexity index is 551. The SMILES string of the molecule is Fc1ccccc1OCC1CCN(CC2=NC=CNC2)CC1. The molecule has 2 aliphatic heterocycles. The van der Waals surface area contributed by atoms with Crippen LogP contribution in [-0.2, 0) is 0 Å². The van der Waals surface area contributed by atoms with Gasteiger partial charge in [0.05, 0.1) is 18.9 Å². The summed E-state index contributed by atoms with van der Waals surface area (Å²) in [5.41, 5.74) is 1.18. The molecule has 0 radical (unpaired) electrons. The minimum Gasteiger partial charge on any atom is -0.490 e. The molecule has 4 nitrogen and oxygen atoms in total. The number of nitrogens with zero attached hydrogens (tertiary/aromatic N) is 2. The molecule has 22 heavy (non-hydrogen) atoms. The van der Waals surface area contributed by atoms with Crippen LogP contribution in [0.25, 0.3) is 0 Å². The molecule has 3 rings (SSSR count). The number of hydrogen-bond donors (Lipinski definition) is 1. The number of aliphatic imine (C=N–C) groups is 1. The lowest BCUT2D eigenvalue weighted by molar-refractivity contribution is 0.150. The molecule has 0 spiro atoms. The number of piperidine rings is 1. The third-order valence-corrected chi connectivity index (χ3v) is 4.18. The fourth-order valence-corrected chi connectivity index (χ4v) is 2.85. The number of rotatable bonds is 5. The molecule has 0 atom stereocenters. The molecule has 0 aromatic heterocycles. The van der Waals surface area contributed by atoms with E-state index in [4.69, 9.17) is 4.74 Å². The van der Waals surface area contributed by atoms with Crippen LogP contribution in [-0.4, -0.2) is 43.4 Å². The van der Waals surface area contributed by atoms with E-state index in [9.17, 15) is 4.39 Å². The summed E-state index contributed by atoms with van der Waals surface area (Å²) in [7, 11) is 0. The zero-order valence-electron chi connectivity index (χ0n) is 12.7. The number of para-hydroxylation sites is 1. The first kappa shape index (κ1) is 15.0. The van der Waals surface area contributed by atoms with E-state index in [1.54, 1.807) is 18.2 Å². The third kappa shape index (κ3) is 4.07. The Labute approximate surface area is 130 Å². The molecule has 1 fully saturated rings. The van der Waals surface area contributed by atoms with E-state index >= 15 is 0 Å². The summed E-state index contributed by atoms with van der Waals surface area (Å²) in [5, 5.41) is 3.18. The standard InChI is InChI=1S/C17H22FN3O/c18-16-3-1-2-4-17(16)22-13-14-5-9-21(10-6-14)12-15-11-19-7-8-20-15/h1-4,7-8,14,19H,5-6,9-13H2. The van der Waals surface area contributed by atoms with Gasteiger partial charge in [0, 0.05) is 18.9 Å². The predicted molar refractivity (Wildman–Crippen MR) is 85.6 cm³/mol. The second-order valence-corrected chi connectivity index (χ2v) is 5.85. The maximum atomic E-state index is 13.5. The number of nitrogens with one attached hydrogen (secondary N) is 1. The molecule has 0 saturated carbocycles. The summed E-state index contributed by atoms with van der Waals surface area (Å²) in [6.07, 6.45) is 5.86. The normalized spacial score (nSPS) is 19.6.